The van der Waals surface area contributed by atoms with Crippen LogP contribution in [0.4, 0.5) is 0 Å². The van der Waals surface area contributed by atoms with Crippen molar-refractivity contribution in [2.75, 3.05) is 59.5 Å². The van der Waals surface area contributed by atoms with Gasteiger partial charge in [-0.1, -0.05) is 91.0 Å². The summed E-state index contributed by atoms with van der Waals surface area (Å²) < 4.78 is 28.5. The monoisotopic (exact) mass is 508 g/mol. The van der Waals surface area contributed by atoms with Gasteiger partial charge in [0.25, 0.3) is 0 Å². The first-order chi connectivity index (χ1) is 18.2. The highest BCUT2D eigenvalue weighted by atomic mass is 16.6. The second-order valence-corrected chi connectivity index (χ2v) is 8.22. The van der Waals surface area contributed by atoms with Crippen LogP contribution in [0, 0.1) is 0 Å². The van der Waals surface area contributed by atoms with E-state index in [1.807, 2.05) is 54.6 Å². The fourth-order valence-electron chi connectivity index (χ4n) is 3.94. The molecule has 0 aromatic heterocycles. The van der Waals surface area contributed by atoms with Crippen molar-refractivity contribution in [1.82, 2.24) is 0 Å². The summed E-state index contributed by atoms with van der Waals surface area (Å²) in [4.78, 5) is 10.4. The zero-order valence-electron chi connectivity index (χ0n) is 21.1. The first-order valence-electron chi connectivity index (χ1n) is 12.6. The Balaban J connectivity index is 1.42. The summed E-state index contributed by atoms with van der Waals surface area (Å²) in [6, 6.07) is 30.8. The molecule has 0 unspecified atom stereocenters. The van der Waals surface area contributed by atoms with Crippen LogP contribution in [0.15, 0.2) is 91.0 Å². The molecule has 3 rings (SSSR count). The lowest BCUT2D eigenvalue weighted by Crippen LogP contribution is -2.34. The lowest BCUT2D eigenvalue weighted by molar-refractivity contribution is -0.138. The third-order valence-electron chi connectivity index (χ3n) is 5.66. The van der Waals surface area contributed by atoms with Crippen LogP contribution in [0.25, 0.3) is 0 Å². The number of carbonyl (C=O) groups is 1. The highest BCUT2D eigenvalue weighted by Crippen LogP contribution is 2.40. The van der Waals surface area contributed by atoms with Gasteiger partial charge >= 0.3 is 5.97 Å². The van der Waals surface area contributed by atoms with Crippen molar-refractivity contribution in [1.29, 1.82) is 0 Å². The summed E-state index contributed by atoms with van der Waals surface area (Å²) in [6.07, 6.45) is -0.0000977. The third kappa shape index (κ3) is 9.39. The Morgan fingerprint density at radius 1 is 0.514 bits per heavy atom. The highest BCUT2D eigenvalue weighted by Gasteiger charge is 2.37. The number of benzene rings is 3. The van der Waals surface area contributed by atoms with Crippen LogP contribution >= 0.6 is 0 Å². The molecule has 1 N–H and O–H groups in total. The Morgan fingerprint density at radius 3 is 1.19 bits per heavy atom. The molecule has 198 valence electrons. The Kier molecular flexibility index (Phi) is 12.8. The number of hydrogen-bond donors (Lipinski definition) is 1. The Bertz CT molecular complexity index is 900. The molecule has 0 aliphatic heterocycles. The Hall–Kier alpha value is -3.07. The van der Waals surface area contributed by atoms with Crippen LogP contribution in [0.1, 0.15) is 23.1 Å². The van der Waals surface area contributed by atoms with Gasteiger partial charge in [-0.3, -0.25) is 4.79 Å². The van der Waals surface area contributed by atoms with Crippen LogP contribution in [-0.4, -0.2) is 70.5 Å². The molecule has 0 radical (unpaired) electrons. The third-order valence-corrected chi connectivity index (χ3v) is 5.66. The smallest absolute Gasteiger partial charge is 0.305 e. The van der Waals surface area contributed by atoms with Crippen molar-refractivity contribution in [2.45, 2.75) is 12.0 Å². The first kappa shape index (κ1) is 28.5. The zero-order chi connectivity index (χ0) is 26.0. The van der Waals surface area contributed by atoms with Crippen molar-refractivity contribution in [3.8, 4) is 0 Å². The summed E-state index contributed by atoms with van der Waals surface area (Å²) in [5.74, 6) is -0.869. The fraction of sp³-hybridized carbons (Fsp3) is 0.367. The van der Waals surface area contributed by atoms with Crippen LogP contribution in [-0.2, 0) is 34.1 Å². The number of hydrogen-bond acceptors (Lipinski definition) is 6. The Labute approximate surface area is 218 Å². The Morgan fingerprint density at radius 2 is 0.838 bits per heavy atom. The van der Waals surface area contributed by atoms with Gasteiger partial charge in [0.05, 0.1) is 65.9 Å². The summed E-state index contributed by atoms with van der Waals surface area (Å²) >= 11 is 0. The average molecular weight is 509 g/mol. The van der Waals surface area contributed by atoms with E-state index in [9.17, 15) is 4.79 Å². The van der Waals surface area contributed by atoms with E-state index in [1.54, 1.807) is 0 Å². The van der Waals surface area contributed by atoms with Crippen molar-refractivity contribution >= 4 is 5.97 Å². The van der Waals surface area contributed by atoms with Crippen molar-refractivity contribution in [3.05, 3.63) is 108 Å². The molecule has 0 heterocycles. The van der Waals surface area contributed by atoms with Gasteiger partial charge in [-0.05, 0) is 16.7 Å². The molecular formula is C30H36O7. The van der Waals surface area contributed by atoms with Crippen LogP contribution in [0.2, 0.25) is 0 Å². The SMILES string of the molecule is O=C(O)CCOCCOCCOCCOCCOC(c1ccccc1)(c1ccccc1)c1ccccc1. The van der Waals surface area contributed by atoms with E-state index in [0.29, 0.717) is 52.9 Å². The normalized spacial score (nSPS) is 11.5. The standard InChI is InChI=1S/C30H36O7/c31-29(32)16-17-33-18-19-34-20-21-35-22-23-36-24-25-37-30(26-10-4-1-5-11-26,27-12-6-2-7-13-27)28-14-8-3-9-15-28/h1-15H,16-25H2,(H,31,32). The number of ether oxygens (including phenoxy) is 5. The van der Waals surface area contributed by atoms with E-state index in [0.717, 1.165) is 16.7 Å². The number of carboxylic acid groups (broad SMARTS) is 1. The van der Waals surface area contributed by atoms with Gasteiger partial charge in [0.1, 0.15) is 5.60 Å². The highest BCUT2D eigenvalue weighted by molar-refractivity contribution is 5.66. The van der Waals surface area contributed by atoms with Crippen molar-refractivity contribution in [2.24, 2.45) is 0 Å². The van der Waals surface area contributed by atoms with E-state index in [4.69, 9.17) is 28.8 Å². The molecule has 37 heavy (non-hydrogen) atoms. The maximum atomic E-state index is 10.4. The molecule has 0 saturated carbocycles. The fourth-order valence-corrected chi connectivity index (χ4v) is 3.94. The molecule has 3 aromatic rings. The van der Waals surface area contributed by atoms with Crippen LogP contribution in [0.5, 0.6) is 0 Å². The van der Waals surface area contributed by atoms with E-state index in [1.165, 1.54) is 0 Å². The molecule has 0 saturated heterocycles. The van der Waals surface area contributed by atoms with Crippen LogP contribution in [0.3, 0.4) is 0 Å². The molecule has 0 fully saturated rings. The van der Waals surface area contributed by atoms with E-state index < -0.39 is 11.6 Å². The molecule has 0 amide bonds. The first-order valence-corrected chi connectivity index (χ1v) is 12.6. The van der Waals surface area contributed by atoms with Crippen molar-refractivity contribution < 1.29 is 33.6 Å². The minimum absolute atomic E-state index is 0.0000977. The summed E-state index contributed by atoms with van der Waals surface area (Å²) in [6.45, 7) is 3.62. The lowest BCUT2D eigenvalue weighted by Gasteiger charge is -2.36. The molecule has 0 aliphatic carbocycles. The summed E-state index contributed by atoms with van der Waals surface area (Å²) in [7, 11) is 0. The van der Waals surface area contributed by atoms with E-state index >= 15 is 0 Å². The predicted octanol–water partition coefficient (Wildman–Crippen LogP) is 4.54. The molecule has 3 aromatic carbocycles. The second-order valence-electron chi connectivity index (χ2n) is 8.22. The maximum Gasteiger partial charge on any atom is 0.305 e. The van der Waals surface area contributed by atoms with Gasteiger partial charge in [-0.15, -0.1) is 0 Å². The molecule has 0 aliphatic rings. The average Bonchev–Trinajstić information content (AvgIpc) is 2.94. The molecule has 7 nitrogen and oxygen atoms in total. The van der Waals surface area contributed by atoms with Gasteiger partial charge in [0.15, 0.2) is 0 Å². The lowest BCUT2D eigenvalue weighted by atomic mass is 9.80. The van der Waals surface area contributed by atoms with E-state index in [-0.39, 0.29) is 13.0 Å². The molecular weight excluding hydrogens is 472 g/mol. The molecule has 0 spiro atoms. The number of aliphatic carboxylic acids is 1. The largest absolute Gasteiger partial charge is 0.481 e. The zero-order valence-corrected chi connectivity index (χ0v) is 21.1. The van der Waals surface area contributed by atoms with Gasteiger partial charge in [-0.2, -0.15) is 0 Å². The second kappa shape index (κ2) is 16.6. The predicted molar refractivity (Wildman–Crippen MR) is 141 cm³/mol. The summed E-state index contributed by atoms with van der Waals surface area (Å²) in [5, 5.41) is 8.54. The van der Waals surface area contributed by atoms with Gasteiger partial charge in [0, 0.05) is 0 Å². The van der Waals surface area contributed by atoms with Crippen molar-refractivity contribution in [3.63, 3.8) is 0 Å². The number of rotatable bonds is 19. The minimum atomic E-state index is -0.869. The minimum Gasteiger partial charge on any atom is -0.481 e. The molecule has 0 atom stereocenters. The maximum absolute atomic E-state index is 10.4. The number of carboxylic acids is 1. The topological polar surface area (TPSA) is 83.5 Å². The quantitative estimate of drug-likeness (QED) is 0.188. The van der Waals surface area contributed by atoms with E-state index in [2.05, 4.69) is 36.4 Å². The van der Waals surface area contributed by atoms with Gasteiger partial charge < -0.3 is 28.8 Å². The summed E-state index contributed by atoms with van der Waals surface area (Å²) in [5.41, 5.74) is 2.42. The van der Waals surface area contributed by atoms with Gasteiger partial charge in [-0.25, -0.2) is 0 Å². The van der Waals surface area contributed by atoms with Gasteiger partial charge in [0.2, 0.25) is 0 Å². The van der Waals surface area contributed by atoms with Crippen LogP contribution < -0.4 is 0 Å². The molecule has 0 bridgehead atoms. The molecule has 7 heteroatoms.